The van der Waals surface area contributed by atoms with E-state index >= 15 is 0 Å². The highest BCUT2D eigenvalue weighted by Crippen LogP contribution is 2.19. The van der Waals surface area contributed by atoms with Gasteiger partial charge >= 0.3 is 0 Å². The summed E-state index contributed by atoms with van der Waals surface area (Å²) in [5.74, 6) is 0.326. The fraction of sp³-hybridized carbons (Fsp3) is 1.00. The van der Waals surface area contributed by atoms with Crippen molar-refractivity contribution < 1.29 is 5.11 Å². The third-order valence-corrected chi connectivity index (χ3v) is 2.37. The Balaban J connectivity index is 3.88. The molecule has 0 bridgehead atoms. The lowest BCUT2D eigenvalue weighted by atomic mass is 9.88. The van der Waals surface area contributed by atoms with Crippen molar-refractivity contribution in [1.82, 2.24) is 5.32 Å². The van der Waals surface area contributed by atoms with E-state index in [1.165, 1.54) is 0 Å². The second-order valence-electron chi connectivity index (χ2n) is 3.39. The van der Waals surface area contributed by atoms with Crippen molar-refractivity contribution in [2.75, 3.05) is 13.1 Å². The minimum absolute atomic E-state index is 0.326. The van der Waals surface area contributed by atoms with Crippen LogP contribution in [0.4, 0.5) is 0 Å². The number of hydrogen-bond acceptors (Lipinski definition) is 2. The Morgan fingerprint density at radius 2 is 1.91 bits per heavy atom. The van der Waals surface area contributed by atoms with Crippen LogP contribution in [0.15, 0.2) is 0 Å². The van der Waals surface area contributed by atoms with Gasteiger partial charge in [0.25, 0.3) is 0 Å². The molecule has 0 saturated heterocycles. The van der Waals surface area contributed by atoms with Crippen LogP contribution in [0.1, 0.15) is 34.1 Å². The third-order valence-electron chi connectivity index (χ3n) is 2.37. The summed E-state index contributed by atoms with van der Waals surface area (Å²) in [4.78, 5) is 0. The highest BCUT2D eigenvalue weighted by atomic mass is 16.3. The summed E-state index contributed by atoms with van der Waals surface area (Å²) in [6.45, 7) is 9.82. The van der Waals surface area contributed by atoms with Gasteiger partial charge in [0, 0.05) is 6.54 Å². The van der Waals surface area contributed by atoms with Crippen LogP contribution in [0, 0.1) is 5.92 Å². The van der Waals surface area contributed by atoms with Crippen LogP contribution in [0.2, 0.25) is 0 Å². The van der Waals surface area contributed by atoms with Gasteiger partial charge in [0.2, 0.25) is 0 Å². The van der Waals surface area contributed by atoms with Crippen molar-refractivity contribution in [3.05, 3.63) is 0 Å². The lowest BCUT2D eigenvalue weighted by Crippen LogP contribution is -2.44. The molecule has 0 aliphatic heterocycles. The molecule has 0 saturated carbocycles. The van der Waals surface area contributed by atoms with Gasteiger partial charge in [-0.1, -0.05) is 27.7 Å². The van der Waals surface area contributed by atoms with Crippen LogP contribution in [0.25, 0.3) is 0 Å². The lowest BCUT2D eigenvalue weighted by molar-refractivity contribution is -0.00713. The zero-order valence-electron chi connectivity index (χ0n) is 8.15. The second-order valence-corrected chi connectivity index (χ2v) is 3.39. The molecular weight excluding hydrogens is 138 g/mol. The first-order valence-electron chi connectivity index (χ1n) is 4.50. The van der Waals surface area contributed by atoms with E-state index in [-0.39, 0.29) is 0 Å². The summed E-state index contributed by atoms with van der Waals surface area (Å²) in [6, 6.07) is 0. The van der Waals surface area contributed by atoms with Crippen molar-refractivity contribution in [1.29, 1.82) is 0 Å². The van der Waals surface area contributed by atoms with Gasteiger partial charge in [-0.05, 0) is 18.9 Å². The fourth-order valence-electron chi connectivity index (χ4n) is 1.08. The molecule has 1 unspecified atom stereocenters. The molecule has 0 aromatic heterocycles. The summed E-state index contributed by atoms with van der Waals surface area (Å²) in [5, 5.41) is 13.1. The van der Waals surface area contributed by atoms with E-state index < -0.39 is 5.60 Å². The molecule has 0 aromatic rings. The molecule has 0 aliphatic rings. The molecule has 1 atom stereocenters. The van der Waals surface area contributed by atoms with E-state index in [1.807, 2.05) is 6.92 Å². The van der Waals surface area contributed by atoms with Crippen LogP contribution in [-0.2, 0) is 0 Å². The first kappa shape index (κ1) is 10.9. The second kappa shape index (κ2) is 4.73. The van der Waals surface area contributed by atoms with E-state index in [2.05, 4.69) is 26.1 Å². The topological polar surface area (TPSA) is 32.3 Å². The van der Waals surface area contributed by atoms with Crippen LogP contribution < -0.4 is 5.32 Å². The van der Waals surface area contributed by atoms with Crippen molar-refractivity contribution >= 4 is 0 Å². The highest BCUT2D eigenvalue weighted by Gasteiger charge is 2.27. The molecule has 0 amide bonds. The maximum Gasteiger partial charge on any atom is 0.0791 e. The van der Waals surface area contributed by atoms with Crippen LogP contribution in [0.5, 0.6) is 0 Å². The van der Waals surface area contributed by atoms with Crippen LogP contribution >= 0.6 is 0 Å². The summed E-state index contributed by atoms with van der Waals surface area (Å²) >= 11 is 0. The van der Waals surface area contributed by atoms with Crippen molar-refractivity contribution in [3.8, 4) is 0 Å². The van der Waals surface area contributed by atoms with Crippen molar-refractivity contribution in [2.45, 2.75) is 39.7 Å². The molecule has 0 radical (unpaired) electrons. The number of hydrogen-bond donors (Lipinski definition) is 2. The molecule has 0 spiro atoms. The summed E-state index contributed by atoms with van der Waals surface area (Å²) in [6.07, 6.45) is 0.817. The van der Waals surface area contributed by atoms with Gasteiger partial charge in [-0.15, -0.1) is 0 Å². The van der Waals surface area contributed by atoms with Crippen molar-refractivity contribution in [3.63, 3.8) is 0 Å². The Morgan fingerprint density at radius 1 is 1.36 bits per heavy atom. The average molecular weight is 159 g/mol. The quantitative estimate of drug-likeness (QED) is 0.635. The monoisotopic (exact) mass is 159 g/mol. The summed E-state index contributed by atoms with van der Waals surface area (Å²) in [5.41, 5.74) is -0.518. The smallest absolute Gasteiger partial charge is 0.0791 e. The summed E-state index contributed by atoms with van der Waals surface area (Å²) < 4.78 is 0. The fourth-order valence-corrected chi connectivity index (χ4v) is 1.08. The van der Waals surface area contributed by atoms with E-state index in [0.29, 0.717) is 12.5 Å². The van der Waals surface area contributed by atoms with Gasteiger partial charge in [-0.25, -0.2) is 0 Å². The number of aliphatic hydroxyl groups is 1. The molecule has 0 aliphatic carbocycles. The zero-order chi connectivity index (χ0) is 8.91. The number of rotatable bonds is 5. The standard InChI is InChI=1S/C9H21NO/c1-5-9(11,8(3)4)7-10-6-2/h8,10-11H,5-7H2,1-4H3. The van der Waals surface area contributed by atoms with Gasteiger partial charge in [-0.2, -0.15) is 0 Å². The molecule has 11 heavy (non-hydrogen) atoms. The Bertz CT molecular complexity index is 104. The average Bonchev–Trinajstić information content (AvgIpc) is 2.00. The van der Waals surface area contributed by atoms with Gasteiger partial charge in [0.05, 0.1) is 5.60 Å². The lowest BCUT2D eigenvalue weighted by Gasteiger charge is -2.31. The van der Waals surface area contributed by atoms with E-state index in [9.17, 15) is 5.11 Å². The van der Waals surface area contributed by atoms with E-state index in [1.54, 1.807) is 0 Å². The first-order valence-corrected chi connectivity index (χ1v) is 4.50. The molecule has 2 nitrogen and oxygen atoms in total. The highest BCUT2D eigenvalue weighted by molar-refractivity contribution is 4.82. The number of likely N-dealkylation sites (N-methyl/N-ethyl adjacent to an activating group) is 1. The minimum Gasteiger partial charge on any atom is -0.388 e. The van der Waals surface area contributed by atoms with Gasteiger partial charge in [-0.3, -0.25) is 0 Å². The zero-order valence-corrected chi connectivity index (χ0v) is 8.15. The normalized spacial score (nSPS) is 16.9. The van der Waals surface area contributed by atoms with Gasteiger partial charge in [0.1, 0.15) is 0 Å². The van der Waals surface area contributed by atoms with Crippen LogP contribution in [-0.4, -0.2) is 23.8 Å². The van der Waals surface area contributed by atoms with E-state index in [0.717, 1.165) is 13.0 Å². The Kier molecular flexibility index (Phi) is 4.69. The molecule has 0 rings (SSSR count). The van der Waals surface area contributed by atoms with Gasteiger partial charge < -0.3 is 10.4 Å². The van der Waals surface area contributed by atoms with E-state index in [4.69, 9.17) is 0 Å². The Hall–Kier alpha value is -0.0800. The predicted octanol–water partition coefficient (Wildman–Crippen LogP) is 1.39. The maximum absolute atomic E-state index is 9.97. The largest absolute Gasteiger partial charge is 0.388 e. The molecule has 68 valence electrons. The number of nitrogens with one attached hydrogen (secondary N) is 1. The van der Waals surface area contributed by atoms with Crippen molar-refractivity contribution in [2.24, 2.45) is 5.92 Å². The van der Waals surface area contributed by atoms with Gasteiger partial charge in [0.15, 0.2) is 0 Å². The Labute approximate surface area is 70.0 Å². The maximum atomic E-state index is 9.97. The molecule has 0 heterocycles. The molecular formula is C9H21NO. The molecule has 0 fully saturated rings. The molecule has 2 N–H and O–H groups in total. The molecule has 2 heteroatoms. The SMILES string of the molecule is CCNCC(O)(CC)C(C)C. The minimum atomic E-state index is -0.518. The molecule has 0 aromatic carbocycles. The van der Waals surface area contributed by atoms with Crippen LogP contribution in [0.3, 0.4) is 0 Å². The third kappa shape index (κ3) is 3.21. The summed E-state index contributed by atoms with van der Waals surface area (Å²) in [7, 11) is 0. The Morgan fingerprint density at radius 3 is 2.18 bits per heavy atom. The predicted molar refractivity (Wildman–Crippen MR) is 48.6 cm³/mol. The first-order chi connectivity index (χ1) is 5.06.